The molecule has 1 rings (SSSR count). The van der Waals surface area contributed by atoms with Gasteiger partial charge in [-0.3, -0.25) is 4.79 Å². The topological polar surface area (TPSA) is 49.3 Å². The molecule has 1 amide bonds. The van der Waals surface area contributed by atoms with E-state index in [1.54, 1.807) is 6.92 Å². The van der Waals surface area contributed by atoms with E-state index < -0.39 is 11.0 Å². The van der Waals surface area contributed by atoms with Crippen LogP contribution in [-0.2, 0) is 10.4 Å². The zero-order chi connectivity index (χ0) is 14.0. The van der Waals surface area contributed by atoms with E-state index in [0.717, 1.165) is 10.0 Å². The van der Waals surface area contributed by atoms with Gasteiger partial charge in [-0.25, -0.2) is 0 Å². The van der Waals surface area contributed by atoms with Crippen molar-refractivity contribution in [1.29, 1.82) is 0 Å². The predicted molar refractivity (Wildman–Crippen MR) is 76.2 cm³/mol. The van der Waals surface area contributed by atoms with Gasteiger partial charge in [0.1, 0.15) is 5.60 Å². The van der Waals surface area contributed by atoms with E-state index in [9.17, 15) is 9.90 Å². The standard InChI is InChI=1S/C14H20BrNO2/c1-13(2,3)12(17)16-9-14(4,18)10-5-7-11(15)8-6-10/h5-8,18H,9H2,1-4H3,(H,16,17). The zero-order valence-electron chi connectivity index (χ0n) is 11.2. The lowest BCUT2D eigenvalue weighted by Gasteiger charge is -2.26. The molecule has 100 valence electrons. The van der Waals surface area contributed by atoms with Crippen LogP contribution in [0.15, 0.2) is 28.7 Å². The molecule has 18 heavy (non-hydrogen) atoms. The Morgan fingerprint density at radius 2 is 1.72 bits per heavy atom. The molecule has 0 radical (unpaired) electrons. The highest BCUT2D eigenvalue weighted by atomic mass is 79.9. The van der Waals surface area contributed by atoms with Crippen LogP contribution >= 0.6 is 15.9 Å². The van der Waals surface area contributed by atoms with E-state index in [1.807, 2.05) is 45.0 Å². The number of benzene rings is 1. The number of halogens is 1. The quantitative estimate of drug-likeness (QED) is 0.901. The van der Waals surface area contributed by atoms with Crippen LogP contribution in [0.4, 0.5) is 0 Å². The molecule has 0 aromatic heterocycles. The maximum atomic E-state index is 11.8. The van der Waals surface area contributed by atoms with Crippen LogP contribution in [0.2, 0.25) is 0 Å². The smallest absolute Gasteiger partial charge is 0.225 e. The molecule has 1 atom stereocenters. The Hall–Kier alpha value is -0.870. The molecule has 0 heterocycles. The van der Waals surface area contributed by atoms with Crippen molar-refractivity contribution in [3.05, 3.63) is 34.3 Å². The third-order valence-corrected chi connectivity index (χ3v) is 3.27. The highest BCUT2D eigenvalue weighted by Crippen LogP contribution is 2.22. The minimum atomic E-state index is -1.07. The van der Waals surface area contributed by atoms with E-state index in [1.165, 1.54) is 0 Å². The number of hydrogen-bond acceptors (Lipinski definition) is 2. The third-order valence-electron chi connectivity index (χ3n) is 2.74. The Balaban J connectivity index is 2.71. The molecule has 0 aliphatic carbocycles. The molecular formula is C14H20BrNO2. The van der Waals surface area contributed by atoms with Crippen LogP contribution in [0.25, 0.3) is 0 Å². The van der Waals surface area contributed by atoms with Crippen molar-refractivity contribution < 1.29 is 9.90 Å². The Morgan fingerprint density at radius 1 is 1.22 bits per heavy atom. The normalized spacial score (nSPS) is 15.0. The summed E-state index contributed by atoms with van der Waals surface area (Å²) in [6.07, 6.45) is 0. The fourth-order valence-electron chi connectivity index (χ4n) is 1.43. The van der Waals surface area contributed by atoms with Crippen molar-refractivity contribution in [3.63, 3.8) is 0 Å². The van der Waals surface area contributed by atoms with Gasteiger partial charge in [-0.2, -0.15) is 0 Å². The minimum Gasteiger partial charge on any atom is -0.384 e. The largest absolute Gasteiger partial charge is 0.384 e. The van der Waals surface area contributed by atoms with E-state index in [2.05, 4.69) is 21.2 Å². The first-order valence-electron chi connectivity index (χ1n) is 5.90. The van der Waals surface area contributed by atoms with Crippen molar-refractivity contribution in [2.45, 2.75) is 33.3 Å². The van der Waals surface area contributed by atoms with Gasteiger partial charge < -0.3 is 10.4 Å². The van der Waals surface area contributed by atoms with Crippen molar-refractivity contribution in [2.24, 2.45) is 5.41 Å². The van der Waals surface area contributed by atoms with Gasteiger partial charge in [-0.15, -0.1) is 0 Å². The Labute approximate surface area is 117 Å². The summed E-state index contributed by atoms with van der Waals surface area (Å²) >= 11 is 3.35. The van der Waals surface area contributed by atoms with Crippen LogP contribution < -0.4 is 5.32 Å². The molecule has 0 aliphatic heterocycles. The second kappa shape index (κ2) is 5.41. The molecule has 1 unspecified atom stereocenters. The summed E-state index contributed by atoms with van der Waals surface area (Å²) in [5.74, 6) is -0.0695. The maximum absolute atomic E-state index is 11.8. The fourth-order valence-corrected chi connectivity index (χ4v) is 1.69. The van der Waals surface area contributed by atoms with Gasteiger partial charge in [-0.05, 0) is 24.6 Å². The second-order valence-electron chi connectivity index (χ2n) is 5.71. The van der Waals surface area contributed by atoms with Gasteiger partial charge in [-0.1, -0.05) is 48.8 Å². The number of hydrogen-bond donors (Lipinski definition) is 2. The molecule has 1 aromatic rings. The molecule has 0 fully saturated rings. The summed E-state index contributed by atoms with van der Waals surface area (Å²) in [7, 11) is 0. The Bertz CT molecular complexity index is 418. The molecule has 2 N–H and O–H groups in total. The predicted octanol–water partition coefficient (Wildman–Crippen LogP) is 2.82. The molecule has 4 heteroatoms. The summed E-state index contributed by atoms with van der Waals surface area (Å²) in [6, 6.07) is 7.42. The molecule has 0 saturated carbocycles. The SMILES string of the molecule is CC(C)(C)C(=O)NCC(C)(O)c1ccc(Br)cc1. The van der Waals surface area contributed by atoms with E-state index in [4.69, 9.17) is 0 Å². The third kappa shape index (κ3) is 4.10. The van der Waals surface area contributed by atoms with Gasteiger partial charge in [0, 0.05) is 9.89 Å². The van der Waals surface area contributed by atoms with Gasteiger partial charge >= 0.3 is 0 Å². The van der Waals surface area contributed by atoms with Crippen molar-refractivity contribution in [1.82, 2.24) is 5.32 Å². The summed E-state index contributed by atoms with van der Waals surface area (Å²) in [5, 5.41) is 13.1. The molecule has 3 nitrogen and oxygen atoms in total. The number of rotatable bonds is 3. The van der Waals surface area contributed by atoms with Gasteiger partial charge in [0.15, 0.2) is 0 Å². The van der Waals surface area contributed by atoms with Crippen LogP contribution in [-0.4, -0.2) is 17.6 Å². The lowest BCUT2D eigenvalue weighted by atomic mass is 9.93. The number of nitrogens with one attached hydrogen (secondary N) is 1. The maximum Gasteiger partial charge on any atom is 0.225 e. The number of carbonyl (C=O) groups is 1. The molecule has 1 aromatic carbocycles. The van der Waals surface area contributed by atoms with E-state index in [0.29, 0.717) is 0 Å². The lowest BCUT2D eigenvalue weighted by molar-refractivity contribution is -0.129. The summed E-state index contributed by atoms with van der Waals surface area (Å²) in [6.45, 7) is 7.42. The highest BCUT2D eigenvalue weighted by Gasteiger charge is 2.27. The zero-order valence-corrected chi connectivity index (χ0v) is 12.8. The van der Waals surface area contributed by atoms with Crippen molar-refractivity contribution in [2.75, 3.05) is 6.54 Å². The van der Waals surface area contributed by atoms with Gasteiger partial charge in [0.05, 0.1) is 6.54 Å². The minimum absolute atomic E-state index is 0.0695. The first-order chi connectivity index (χ1) is 8.13. The number of aliphatic hydroxyl groups is 1. The molecule has 0 bridgehead atoms. The van der Waals surface area contributed by atoms with Gasteiger partial charge in [0.25, 0.3) is 0 Å². The fraction of sp³-hybridized carbons (Fsp3) is 0.500. The first-order valence-corrected chi connectivity index (χ1v) is 6.69. The van der Waals surface area contributed by atoms with Crippen molar-refractivity contribution >= 4 is 21.8 Å². The number of carbonyl (C=O) groups excluding carboxylic acids is 1. The molecule has 0 spiro atoms. The average molecular weight is 314 g/mol. The van der Waals surface area contributed by atoms with Crippen LogP contribution in [0.3, 0.4) is 0 Å². The molecule has 0 aliphatic rings. The van der Waals surface area contributed by atoms with Gasteiger partial charge in [0.2, 0.25) is 5.91 Å². The van der Waals surface area contributed by atoms with Crippen LogP contribution in [0.1, 0.15) is 33.3 Å². The Morgan fingerprint density at radius 3 is 2.17 bits per heavy atom. The lowest BCUT2D eigenvalue weighted by Crippen LogP contribution is -2.43. The summed E-state index contributed by atoms with van der Waals surface area (Å²) in [5.41, 5.74) is -0.739. The van der Waals surface area contributed by atoms with Crippen LogP contribution in [0, 0.1) is 5.41 Å². The second-order valence-corrected chi connectivity index (χ2v) is 6.63. The Kier molecular flexibility index (Phi) is 4.56. The molecule has 0 saturated heterocycles. The highest BCUT2D eigenvalue weighted by molar-refractivity contribution is 9.10. The van der Waals surface area contributed by atoms with E-state index >= 15 is 0 Å². The van der Waals surface area contributed by atoms with Crippen molar-refractivity contribution in [3.8, 4) is 0 Å². The number of amides is 1. The summed E-state index contributed by atoms with van der Waals surface area (Å²) in [4.78, 5) is 11.8. The summed E-state index contributed by atoms with van der Waals surface area (Å²) < 4.78 is 0.959. The molecular weight excluding hydrogens is 294 g/mol. The van der Waals surface area contributed by atoms with E-state index in [-0.39, 0.29) is 12.5 Å². The average Bonchev–Trinajstić information content (AvgIpc) is 2.25. The first kappa shape index (κ1) is 15.2. The monoisotopic (exact) mass is 313 g/mol. The van der Waals surface area contributed by atoms with Crippen LogP contribution in [0.5, 0.6) is 0 Å².